The summed E-state index contributed by atoms with van der Waals surface area (Å²) in [6.45, 7) is 0.943. The number of hydrogen-bond donors (Lipinski definition) is 1. The van der Waals surface area contributed by atoms with E-state index in [2.05, 4.69) is 11.8 Å². The highest BCUT2D eigenvalue weighted by molar-refractivity contribution is 7.08. The summed E-state index contributed by atoms with van der Waals surface area (Å²) in [4.78, 5) is 13.8. The summed E-state index contributed by atoms with van der Waals surface area (Å²) in [7, 11) is 1.81. The molecule has 1 aromatic carbocycles. The molecule has 0 radical (unpaired) electrons. The Hall–Kier alpha value is -2.09. The van der Waals surface area contributed by atoms with Crippen LogP contribution in [-0.4, -0.2) is 24.4 Å². The normalized spacial score (nSPS) is 9.70. The van der Waals surface area contributed by atoms with Crippen molar-refractivity contribution in [1.82, 2.24) is 4.90 Å². The molecule has 2 aromatic rings. The zero-order chi connectivity index (χ0) is 14.4. The monoisotopic (exact) mass is 284 g/mol. The van der Waals surface area contributed by atoms with Crippen molar-refractivity contribution in [1.29, 1.82) is 0 Å². The molecular weight excluding hydrogens is 268 g/mol. The Kier molecular flexibility index (Phi) is 4.94. The van der Waals surface area contributed by atoms with Gasteiger partial charge in [-0.05, 0) is 29.1 Å². The van der Waals surface area contributed by atoms with E-state index in [4.69, 9.17) is 5.73 Å². The summed E-state index contributed by atoms with van der Waals surface area (Å²) < 4.78 is 0. The second kappa shape index (κ2) is 6.90. The van der Waals surface area contributed by atoms with Gasteiger partial charge in [-0.15, -0.1) is 0 Å². The number of amides is 1. The zero-order valence-electron chi connectivity index (χ0n) is 11.3. The summed E-state index contributed by atoms with van der Waals surface area (Å²) >= 11 is 1.53. The smallest absolute Gasteiger partial charge is 0.254 e. The molecule has 0 aliphatic carbocycles. The molecule has 2 N–H and O–H groups in total. The predicted octanol–water partition coefficient (Wildman–Crippen LogP) is 2.33. The van der Waals surface area contributed by atoms with E-state index in [9.17, 15) is 4.79 Å². The van der Waals surface area contributed by atoms with Crippen molar-refractivity contribution >= 4 is 17.2 Å². The molecule has 0 spiro atoms. The van der Waals surface area contributed by atoms with E-state index < -0.39 is 0 Å². The SMILES string of the molecule is CN(Cc1ccc(C#CCN)cc1)C(=O)c1ccsc1. The van der Waals surface area contributed by atoms with Crippen molar-refractivity contribution in [3.63, 3.8) is 0 Å². The molecule has 0 aliphatic rings. The van der Waals surface area contributed by atoms with E-state index in [1.807, 2.05) is 48.1 Å². The second-order valence-electron chi connectivity index (χ2n) is 4.38. The Morgan fingerprint density at radius 3 is 2.65 bits per heavy atom. The number of thiophene rings is 1. The van der Waals surface area contributed by atoms with Crippen LogP contribution in [0.2, 0.25) is 0 Å². The third-order valence-electron chi connectivity index (χ3n) is 2.82. The molecule has 0 aliphatic heterocycles. The highest BCUT2D eigenvalue weighted by Gasteiger charge is 2.11. The predicted molar refractivity (Wildman–Crippen MR) is 82.5 cm³/mol. The fourth-order valence-corrected chi connectivity index (χ4v) is 2.43. The van der Waals surface area contributed by atoms with Gasteiger partial charge in [0.15, 0.2) is 0 Å². The van der Waals surface area contributed by atoms with E-state index in [0.29, 0.717) is 13.1 Å². The molecule has 20 heavy (non-hydrogen) atoms. The summed E-state index contributed by atoms with van der Waals surface area (Å²) in [5.74, 6) is 5.83. The molecule has 2 rings (SSSR count). The van der Waals surface area contributed by atoms with E-state index >= 15 is 0 Å². The molecule has 0 saturated heterocycles. The molecule has 0 atom stereocenters. The molecular formula is C16H16N2OS. The number of nitrogens with zero attached hydrogens (tertiary/aromatic N) is 1. The average molecular weight is 284 g/mol. The van der Waals surface area contributed by atoms with Crippen molar-refractivity contribution in [3.8, 4) is 11.8 Å². The maximum absolute atomic E-state index is 12.1. The Bertz CT molecular complexity index is 621. The standard InChI is InChI=1S/C16H16N2OS/c1-18(16(19)15-8-10-20-12-15)11-14-6-4-13(5-7-14)3-2-9-17/h4-8,10,12H,9,11,17H2,1H3. The van der Waals surface area contributed by atoms with Crippen LogP contribution >= 0.6 is 11.3 Å². The maximum Gasteiger partial charge on any atom is 0.254 e. The molecule has 1 aromatic heterocycles. The lowest BCUT2D eigenvalue weighted by atomic mass is 10.1. The minimum atomic E-state index is 0.0400. The van der Waals surface area contributed by atoms with Gasteiger partial charge >= 0.3 is 0 Å². The van der Waals surface area contributed by atoms with Crippen LogP contribution in [0.3, 0.4) is 0 Å². The van der Waals surface area contributed by atoms with E-state index in [0.717, 1.165) is 16.7 Å². The maximum atomic E-state index is 12.1. The van der Waals surface area contributed by atoms with Crippen molar-refractivity contribution in [3.05, 3.63) is 57.8 Å². The highest BCUT2D eigenvalue weighted by atomic mass is 32.1. The highest BCUT2D eigenvalue weighted by Crippen LogP contribution is 2.12. The third-order valence-corrected chi connectivity index (χ3v) is 3.51. The molecule has 102 valence electrons. The third kappa shape index (κ3) is 3.70. The lowest BCUT2D eigenvalue weighted by molar-refractivity contribution is 0.0785. The number of rotatable bonds is 3. The minimum absolute atomic E-state index is 0.0400. The Balaban J connectivity index is 2.01. The fraction of sp³-hybridized carbons (Fsp3) is 0.188. The van der Waals surface area contributed by atoms with Gasteiger partial charge in [0.25, 0.3) is 5.91 Å². The molecule has 0 fully saturated rings. The van der Waals surface area contributed by atoms with Crippen LogP contribution in [0.15, 0.2) is 41.1 Å². The fourth-order valence-electron chi connectivity index (χ4n) is 1.80. The van der Waals surface area contributed by atoms with Crippen molar-refractivity contribution in [2.24, 2.45) is 5.73 Å². The van der Waals surface area contributed by atoms with Crippen molar-refractivity contribution < 1.29 is 4.79 Å². The summed E-state index contributed by atoms with van der Waals surface area (Å²) in [5, 5.41) is 3.77. The van der Waals surface area contributed by atoms with Crippen LogP contribution in [0.25, 0.3) is 0 Å². The van der Waals surface area contributed by atoms with Gasteiger partial charge in [-0.3, -0.25) is 4.79 Å². The Morgan fingerprint density at radius 2 is 2.05 bits per heavy atom. The molecule has 0 unspecified atom stereocenters. The van der Waals surface area contributed by atoms with Gasteiger partial charge in [0.05, 0.1) is 12.1 Å². The number of carbonyl (C=O) groups is 1. The molecule has 1 heterocycles. The molecule has 0 saturated carbocycles. The first-order chi connectivity index (χ1) is 9.70. The van der Waals surface area contributed by atoms with Gasteiger partial charge in [0, 0.05) is 24.5 Å². The largest absolute Gasteiger partial charge is 0.337 e. The molecule has 1 amide bonds. The van der Waals surface area contributed by atoms with E-state index in [1.54, 1.807) is 4.90 Å². The van der Waals surface area contributed by atoms with Gasteiger partial charge in [-0.1, -0.05) is 24.0 Å². The number of nitrogens with two attached hydrogens (primary N) is 1. The Labute approximate surface area is 123 Å². The van der Waals surface area contributed by atoms with E-state index in [-0.39, 0.29) is 5.91 Å². The van der Waals surface area contributed by atoms with Crippen LogP contribution in [0.1, 0.15) is 21.5 Å². The van der Waals surface area contributed by atoms with Crippen molar-refractivity contribution in [2.45, 2.75) is 6.54 Å². The Morgan fingerprint density at radius 1 is 1.30 bits per heavy atom. The number of benzene rings is 1. The van der Waals surface area contributed by atoms with Crippen molar-refractivity contribution in [2.75, 3.05) is 13.6 Å². The molecule has 0 bridgehead atoms. The summed E-state index contributed by atoms with van der Waals surface area (Å²) in [6.07, 6.45) is 0. The quantitative estimate of drug-likeness (QED) is 0.879. The number of hydrogen-bond acceptors (Lipinski definition) is 3. The topological polar surface area (TPSA) is 46.3 Å². The lowest BCUT2D eigenvalue weighted by Gasteiger charge is -2.16. The first-order valence-corrected chi connectivity index (χ1v) is 7.20. The average Bonchev–Trinajstić information content (AvgIpc) is 3.00. The second-order valence-corrected chi connectivity index (χ2v) is 5.16. The molecule has 4 heteroatoms. The zero-order valence-corrected chi connectivity index (χ0v) is 12.1. The van der Waals surface area contributed by atoms with Gasteiger partial charge in [-0.2, -0.15) is 11.3 Å². The van der Waals surface area contributed by atoms with Crippen LogP contribution in [0.4, 0.5) is 0 Å². The van der Waals surface area contributed by atoms with Gasteiger partial charge < -0.3 is 10.6 Å². The minimum Gasteiger partial charge on any atom is -0.337 e. The summed E-state index contributed by atoms with van der Waals surface area (Å²) in [6, 6.07) is 9.70. The molecule has 3 nitrogen and oxygen atoms in total. The number of carbonyl (C=O) groups excluding carboxylic acids is 1. The summed E-state index contributed by atoms with van der Waals surface area (Å²) in [5.41, 5.74) is 8.09. The van der Waals surface area contributed by atoms with Crippen LogP contribution in [-0.2, 0) is 6.54 Å². The first kappa shape index (κ1) is 14.3. The lowest BCUT2D eigenvalue weighted by Crippen LogP contribution is -2.25. The van der Waals surface area contributed by atoms with E-state index in [1.165, 1.54) is 11.3 Å². The van der Waals surface area contributed by atoms with Gasteiger partial charge in [0.1, 0.15) is 0 Å². The van der Waals surface area contributed by atoms with Gasteiger partial charge in [-0.25, -0.2) is 0 Å². The first-order valence-electron chi connectivity index (χ1n) is 6.26. The van der Waals surface area contributed by atoms with Crippen LogP contribution in [0.5, 0.6) is 0 Å². The van der Waals surface area contributed by atoms with Crippen LogP contribution < -0.4 is 5.73 Å². The van der Waals surface area contributed by atoms with Gasteiger partial charge in [0.2, 0.25) is 0 Å². The van der Waals surface area contributed by atoms with Crippen LogP contribution in [0, 0.1) is 11.8 Å².